The molecule has 1 fully saturated rings. The fraction of sp³-hybridized carbons (Fsp3) is 0.409. The predicted octanol–water partition coefficient (Wildman–Crippen LogP) is 2.29. The fourth-order valence-corrected chi connectivity index (χ4v) is 3.31. The van der Waals surface area contributed by atoms with E-state index in [1.807, 2.05) is 32.0 Å². The Bertz CT molecular complexity index is 926. The van der Waals surface area contributed by atoms with Crippen molar-refractivity contribution in [2.75, 3.05) is 33.3 Å². The summed E-state index contributed by atoms with van der Waals surface area (Å²) in [6.07, 6.45) is 2.32. The number of benzene rings is 1. The number of piperazine rings is 1. The van der Waals surface area contributed by atoms with Gasteiger partial charge in [-0.15, -0.1) is 0 Å². The van der Waals surface area contributed by atoms with E-state index >= 15 is 0 Å². The minimum absolute atomic E-state index is 0.0949. The summed E-state index contributed by atoms with van der Waals surface area (Å²) < 4.78 is 16.6. The molecule has 1 aliphatic heterocycles. The number of rotatable bonds is 7. The number of hydrogen-bond donors (Lipinski definition) is 1. The van der Waals surface area contributed by atoms with E-state index in [2.05, 4.69) is 9.88 Å². The predicted molar refractivity (Wildman–Crippen MR) is 114 cm³/mol. The van der Waals surface area contributed by atoms with E-state index in [-0.39, 0.29) is 17.4 Å². The number of amides is 2. The fourth-order valence-electron chi connectivity index (χ4n) is 3.31. The molecular weight excluding hydrogens is 400 g/mol. The van der Waals surface area contributed by atoms with Crippen LogP contribution in [0.3, 0.4) is 0 Å². The Labute approximate surface area is 181 Å². The Hall–Kier alpha value is -3.33. The summed E-state index contributed by atoms with van der Waals surface area (Å²) in [6.45, 7) is 7.12. The van der Waals surface area contributed by atoms with Gasteiger partial charge in [0.1, 0.15) is 11.5 Å². The molecular formula is C22H28N4O5. The van der Waals surface area contributed by atoms with Crippen LogP contribution < -0.4 is 19.9 Å². The lowest BCUT2D eigenvalue weighted by Crippen LogP contribution is -2.49. The number of methoxy groups -OCH3 is 1. The van der Waals surface area contributed by atoms with E-state index in [0.29, 0.717) is 32.7 Å². The summed E-state index contributed by atoms with van der Waals surface area (Å²) in [7, 11) is 1.65. The molecule has 0 spiro atoms. The maximum atomic E-state index is 12.4. The van der Waals surface area contributed by atoms with Crippen molar-refractivity contribution in [3.05, 3.63) is 47.8 Å². The Morgan fingerprint density at radius 1 is 1.10 bits per heavy atom. The van der Waals surface area contributed by atoms with Crippen LogP contribution in [0.4, 0.5) is 4.79 Å². The monoisotopic (exact) mass is 428 g/mol. The SMILES string of the molecule is COc1cc(OC(C)C)ccc1CN1CCN(C(=O)Oc2cncc(C(N)=O)c2)CC1. The highest BCUT2D eigenvalue weighted by Crippen LogP contribution is 2.27. The molecule has 31 heavy (non-hydrogen) atoms. The minimum atomic E-state index is -0.627. The van der Waals surface area contributed by atoms with Crippen LogP contribution >= 0.6 is 0 Å². The average molecular weight is 428 g/mol. The molecule has 2 heterocycles. The third-order valence-corrected chi connectivity index (χ3v) is 4.86. The second kappa shape index (κ2) is 10.1. The van der Waals surface area contributed by atoms with E-state index in [1.54, 1.807) is 12.0 Å². The van der Waals surface area contributed by atoms with Gasteiger partial charge in [-0.05, 0) is 26.0 Å². The van der Waals surface area contributed by atoms with Crippen LogP contribution in [0.2, 0.25) is 0 Å². The smallest absolute Gasteiger partial charge is 0.415 e. The van der Waals surface area contributed by atoms with Gasteiger partial charge in [0, 0.05) is 50.6 Å². The molecule has 9 nitrogen and oxygen atoms in total. The number of carbonyl (C=O) groups is 2. The molecule has 2 aromatic rings. The van der Waals surface area contributed by atoms with Crippen molar-refractivity contribution in [2.45, 2.75) is 26.5 Å². The first-order valence-electron chi connectivity index (χ1n) is 10.1. The Morgan fingerprint density at radius 2 is 1.84 bits per heavy atom. The molecule has 0 radical (unpaired) electrons. The summed E-state index contributed by atoms with van der Waals surface area (Å²) in [5.74, 6) is 1.12. The molecule has 166 valence electrons. The van der Waals surface area contributed by atoms with Gasteiger partial charge in [0.2, 0.25) is 5.91 Å². The molecule has 0 unspecified atom stereocenters. The third kappa shape index (κ3) is 6.08. The topological polar surface area (TPSA) is 107 Å². The van der Waals surface area contributed by atoms with Crippen LogP contribution in [0.5, 0.6) is 17.2 Å². The van der Waals surface area contributed by atoms with Crippen LogP contribution in [0, 0.1) is 0 Å². The highest BCUT2D eigenvalue weighted by Gasteiger charge is 2.23. The summed E-state index contributed by atoms with van der Waals surface area (Å²) in [5.41, 5.74) is 6.48. The molecule has 0 bridgehead atoms. The minimum Gasteiger partial charge on any atom is -0.496 e. The molecule has 2 amide bonds. The van der Waals surface area contributed by atoms with Crippen LogP contribution in [0.1, 0.15) is 29.8 Å². The molecule has 0 atom stereocenters. The van der Waals surface area contributed by atoms with E-state index < -0.39 is 12.0 Å². The second-order valence-electron chi connectivity index (χ2n) is 7.54. The van der Waals surface area contributed by atoms with Crippen molar-refractivity contribution in [3.8, 4) is 17.2 Å². The van der Waals surface area contributed by atoms with E-state index in [0.717, 1.165) is 17.1 Å². The first kappa shape index (κ1) is 22.4. The van der Waals surface area contributed by atoms with E-state index in [4.69, 9.17) is 19.9 Å². The van der Waals surface area contributed by atoms with Gasteiger partial charge < -0.3 is 24.8 Å². The van der Waals surface area contributed by atoms with Gasteiger partial charge in [-0.25, -0.2) is 4.79 Å². The molecule has 1 aliphatic rings. The average Bonchev–Trinajstić information content (AvgIpc) is 2.75. The zero-order valence-electron chi connectivity index (χ0n) is 18.0. The van der Waals surface area contributed by atoms with Crippen LogP contribution in [-0.2, 0) is 6.54 Å². The van der Waals surface area contributed by atoms with Crippen LogP contribution in [0.15, 0.2) is 36.7 Å². The maximum absolute atomic E-state index is 12.4. The summed E-state index contributed by atoms with van der Waals surface area (Å²) in [4.78, 5) is 31.4. The number of ether oxygens (including phenoxy) is 3. The molecule has 0 saturated carbocycles. The lowest BCUT2D eigenvalue weighted by atomic mass is 10.1. The second-order valence-corrected chi connectivity index (χ2v) is 7.54. The number of nitrogens with two attached hydrogens (primary N) is 1. The Kier molecular flexibility index (Phi) is 7.30. The molecule has 1 aromatic carbocycles. The van der Waals surface area contributed by atoms with Gasteiger partial charge in [0.15, 0.2) is 5.75 Å². The number of aromatic nitrogens is 1. The van der Waals surface area contributed by atoms with Crippen molar-refractivity contribution in [2.24, 2.45) is 5.73 Å². The van der Waals surface area contributed by atoms with E-state index in [1.165, 1.54) is 18.5 Å². The van der Waals surface area contributed by atoms with Crippen LogP contribution in [-0.4, -0.2) is 66.2 Å². The Morgan fingerprint density at radius 3 is 2.48 bits per heavy atom. The molecule has 1 saturated heterocycles. The van der Waals surface area contributed by atoms with Crippen molar-refractivity contribution in [1.82, 2.24) is 14.8 Å². The van der Waals surface area contributed by atoms with Gasteiger partial charge in [-0.3, -0.25) is 14.7 Å². The van der Waals surface area contributed by atoms with E-state index in [9.17, 15) is 9.59 Å². The highest BCUT2D eigenvalue weighted by atomic mass is 16.6. The standard InChI is InChI=1S/C22H28N4O5/c1-15(2)30-18-5-4-16(20(11-18)29-3)14-25-6-8-26(9-7-25)22(28)31-19-10-17(21(23)27)12-24-13-19/h4-5,10-13,15H,6-9,14H2,1-3H3,(H2,23,27). The molecule has 9 heteroatoms. The lowest BCUT2D eigenvalue weighted by molar-refractivity contribution is 0.0995. The zero-order valence-corrected chi connectivity index (χ0v) is 18.0. The first-order valence-corrected chi connectivity index (χ1v) is 10.1. The molecule has 0 aliphatic carbocycles. The van der Waals surface area contributed by atoms with Crippen molar-refractivity contribution in [1.29, 1.82) is 0 Å². The maximum Gasteiger partial charge on any atom is 0.415 e. The first-order chi connectivity index (χ1) is 14.9. The number of nitrogens with zero attached hydrogens (tertiary/aromatic N) is 3. The van der Waals surface area contributed by atoms with Crippen molar-refractivity contribution in [3.63, 3.8) is 0 Å². The van der Waals surface area contributed by atoms with Gasteiger partial charge in [-0.1, -0.05) is 6.07 Å². The van der Waals surface area contributed by atoms with Crippen molar-refractivity contribution < 1.29 is 23.8 Å². The quantitative estimate of drug-likeness (QED) is 0.721. The van der Waals surface area contributed by atoms with Gasteiger partial charge >= 0.3 is 6.09 Å². The number of primary amides is 1. The normalized spacial score (nSPS) is 14.4. The van der Waals surface area contributed by atoms with Crippen molar-refractivity contribution >= 4 is 12.0 Å². The number of carbonyl (C=O) groups excluding carboxylic acids is 2. The molecule has 1 aromatic heterocycles. The largest absolute Gasteiger partial charge is 0.496 e. The summed E-state index contributed by atoms with van der Waals surface area (Å²) in [5, 5.41) is 0. The van der Waals surface area contributed by atoms with Gasteiger partial charge in [0.05, 0.1) is 25.0 Å². The highest BCUT2D eigenvalue weighted by molar-refractivity contribution is 5.92. The molecule has 3 rings (SSSR count). The van der Waals surface area contributed by atoms with Crippen LogP contribution in [0.25, 0.3) is 0 Å². The molecule has 2 N–H and O–H groups in total. The van der Waals surface area contributed by atoms with Gasteiger partial charge in [-0.2, -0.15) is 0 Å². The lowest BCUT2D eigenvalue weighted by Gasteiger charge is -2.34. The van der Waals surface area contributed by atoms with Gasteiger partial charge in [0.25, 0.3) is 0 Å². The summed E-state index contributed by atoms with van der Waals surface area (Å²) in [6, 6.07) is 7.26. The Balaban J connectivity index is 1.54. The number of hydrogen-bond acceptors (Lipinski definition) is 7. The zero-order chi connectivity index (χ0) is 22.4. The number of pyridine rings is 1. The third-order valence-electron chi connectivity index (χ3n) is 4.86. The summed E-state index contributed by atoms with van der Waals surface area (Å²) >= 11 is 0.